The van der Waals surface area contributed by atoms with E-state index in [-0.39, 0.29) is 0 Å². The zero-order chi connectivity index (χ0) is 20.5. The molecular formula is C23H25N5S2. The molecule has 0 spiro atoms. The number of fused-ring (bicyclic) bond motifs is 1. The maximum atomic E-state index is 5.75. The number of para-hydroxylation sites is 1. The van der Waals surface area contributed by atoms with Gasteiger partial charge in [0.15, 0.2) is 4.77 Å². The van der Waals surface area contributed by atoms with Gasteiger partial charge in [0, 0.05) is 19.0 Å². The molecule has 0 amide bonds. The summed E-state index contributed by atoms with van der Waals surface area (Å²) in [6.45, 7) is 5.66. The maximum absolute atomic E-state index is 5.75. The van der Waals surface area contributed by atoms with Gasteiger partial charge in [-0.25, -0.2) is 9.67 Å². The molecule has 5 rings (SSSR count). The van der Waals surface area contributed by atoms with E-state index >= 15 is 0 Å². The molecule has 0 aliphatic carbocycles. The van der Waals surface area contributed by atoms with Crippen molar-refractivity contribution in [3.63, 3.8) is 0 Å². The summed E-state index contributed by atoms with van der Waals surface area (Å²) in [5.41, 5.74) is 2.37. The summed E-state index contributed by atoms with van der Waals surface area (Å²) in [6, 6.07) is 18.9. The smallest absolute Gasteiger partial charge is 0.199 e. The minimum Gasteiger partial charge on any atom is -0.300 e. The van der Waals surface area contributed by atoms with E-state index in [1.165, 1.54) is 15.3 Å². The first-order valence-electron chi connectivity index (χ1n) is 10.4. The lowest BCUT2D eigenvalue weighted by atomic mass is 9.98. The van der Waals surface area contributed by atoms with Gasteiger partial charge in [0.2, 0.25) is 0 Å². The molecule has 4 aromatic rings. The van der Waals surface area contributed by atoms with Crippen molar-refractivity contribution < 1.29 is 0 Å². The lowest BCUT2D eigenvalue weighted by Crippen LogP contribution is -2.34. The topological polar surface area (TPSA) is 38.9 Å². The van der Waals surface area contributed by atoms with Crippen LogP contribution in [0.15, 0.2) is 54.6 Å². The third-order valence-electron chi connectivity index (χ3n) is 5.87. The number of hydrogen-bond acceptors (Lipinski definition) is 5. The summed E-state index contributed by atoms with van der Waals surface area (Å²) in [7, 11) is 0. The summed E-state index contributed by atoms with van der Waals surface area (Å²) in [5, 5.41) is 6.02. The number of benzene rings is 2. The quantitative estimate of drug-likeness (QED) is 0.403. The van der Waals surface area contributed by atoms with Gasteiger partial charge < -0.3 is 0 Å². The zero-order valence-electron chi connectivity index (χ0n) is 17.1. The highest BCUT2D eigenvalue weighted by Crippen LogP contribution is 2.33. The number of hydrogen-bond donors (Lipinski definition) is 0. The predicted octanol–water partition coefficient (Wildman–Crippen LogP) is 5.22. The number of likely N-dealkylation sites (tertiary alicyclic amines) is 1. The average Bonchev–Trinajstić information content (AvgIpc) is 3.32. The summed E-state index contributed by atoms with van der Waals surface area (Å²) >= 11 is 7.60. The van der Waals surface area contributed by atoms with E-state index in [1.807, 2.05) is 29.0 Å². The van der Waals surface area contributed by atoms with Gasteiger partial charge >= 0.3 is 0 Å². The van der Waals surface area contributed by atoms with Gasteiger partial charge in [-0.05, 0) is 49.7 Å². The first-order valence-corrected chi connectivity index (χ1v) is 11.7. The molecule has 30 heavy (non-hydrogen) atoms. The molecular weight excluding hydrogens is 410 g/mol. The van der Waals surface area contributed by atoms with Gasteiger partial charge in [0.25, 0.3) is 0 Å². The molecule has 1 saturated heterocycles. The number of piperidine rings is 1. The fraction of sp³-hybridized carbons (Fsp3) is 0.348. The first-order chi connectivity index (χ1) is 14.7. The normalized spacial score (nSPS) is 15.8. The standard InChI is InChI=1S/C23H25N5S2/c1-17-25-28(23(29)27(17)15-18-7-3-2-4-8-18)16-26-13-11-19(12-14-26)22-24-20-9-5-6-10-21(20)30-22/h2-10,19H,11-16H2,1H3. The van der Waals surface area contributed by atoms with Crippen molar-refractivity contribution in [3.8, 4) is 0 Å². The lowest BCUT2D eigenvalue weighted by molar-refractivity contribution is 0.160. The fourth-order valence-electron chi connectivity index (χ4n) is 4.16. The number of thiazole rings is 1. The Morgan fingerprint density at radius 2 is 1.77 bits per heavy atom. The van der Waals surface area contributed by atoms with Gasteiger partial charge in [-0.3, -0.25) is 9.47 Å². The fourth-order valence-corrected chi connectivity index (χ4v) is 5.60. The average molecular weight is 436 g/mol. The van der Waals surface area contributed by atoms with Gasteiger partial charge in [0.1, 0.15) is 5.82 Å². The Morgan fingerprint density at radius 3 is 2.53 bits per heavy atom. The van der Waals surface area contributed by atoms with Crippen LogP contribution >= 0.6 is 23.6 Å². The van der Waals surface area contributed by atoms with Crippen LogP contribution in [0.1, 0.15) is 35.2 Å². The molecule has 0 N–H and O–H groups in total. The van der Waals surface area contributed by atoms with E-state index < -0.39 is 0 Å². The molecule has 0 bridgehead atoms. The van der Waals surface area contributed by atoms with Crippen LogP contribution in [0.5, 0.6) is 0 Å². The molecule has 5 nitrogen and oxygen atoms in total. The third-order valence-corrected chi connectivity index (χ3v) is 7.50. The van der Waals surface area contributed by atoms with E-state index in [1.54, 1.807) is 0 Å². The van der Waals surface area contributed by atoms with E-state index in [0.717, 1.165) is 55.3 Å². The Labute approximate surface area is 185 Å². The zero-order valence-corrected chi connectivity index (χ0v) is 18.7. The van der Waals surface area contributed by atoms with Crippen LogP contribution in [-0.4, -0.2) is 37.3 Å². The molecule has 0 unspecified atom stereocenters. The Kier molecular flexibility index (Phi) is 5.50. The van der Waals surface area contributed by atoms with Crippen LogP contribution in [0.25, 0.3) is 10.2 Å². The van der Waals surface area contributed by atoms with Crippen molar-refractivity contribution in [1.29, 1.82) is 0 Å². The SMILES string of the molecule is Cc1nn(CN2CCC(c3nc4ccccc4s3)CC2)c(=S)n1Cc1ccccc1. The van der Waals surface area contributed by atoms with Crippen LogP contribution < -0.4 is 0 Å². The Bertz CT molecular complexity index is 1170. The number of nitrogens with zero attached hydrogens (tertiary/aromatic N) is 5. The summed E-state index contributed by atoms with van der Waals surface area (Å²) < 4.78 is 6.19. The van der Waals surface area contributed by atoms with Crippen molar-refractivity contribution in [3.05, 3.63) is 75.8 Å². The van der Waals surface area contributed by atoms with Crippen LogP contribution in [0.2, 0.25) is 0 Å². The summed E-state index contributed by atoms with van der Waals surface area (Å²) in [4.78, 5) is 7.33. The molecule has 0 saturated carbocycles. The Morgan fingerprint density at radius 1 is 1.03 bits per heavy atom. The van der Waals surface area contributed by atoms with Crippen molar-refractivity contribution in [2.24, 2.45) is 0 Å². The highest BCUT2D eigenvalue weighted by Gasteiger charge is 2.24. The first kappa shape index (κ1) is 19.6. The van der Waals surface area contributed by atoms with Gasteiger partial charge in [-0.1, -0.05) is 42.5 Å². The molecule has 1 fully saturated rings. The molecule has 2 aromatic heterocycles. The minimum atomic E-state index is 0.559. The van der Waals surface area contributed by atoms with Crippen molar-refractivity contribution in [1.82, 2.24) is 24.2 Å². The summed E-state index contributed by atoms with van der Waals surface area (Å²) in [6.07, 6.45) is 2.27. The van der Waals surface area contributed by atoms with Gasteiger partial charge in [-0.15, -0.1) is 11.3 Å². The van der Waals surface area contributed by atoms with E-state index in [9.17, 15) is 0 Å². The van der Waals surface area contributed by atoms with Crippen LogP contribution in [0, 0.1) is 11.7 Å². The van der Waals surface area contributed by atoms with E-state index in [0.29, 0.717) is 5.92 Å². The largest absolute Gasteiger partial charge is 0.300 e. The molecule has 2 aromatic carbocycles. The minimum absolute atomic E-state index is 0.559. The molecule has 0 atom stereocenters. The van der Waals surface area contributed by atoms with Crippen molar-refractivity contribution in [2.45, 2.75) is 38.9 Å². The highest BCUT2D eigenvalue weighted by molar-refractivity contribution is 7.71. The molecule has 3 heterocycles. The van der Waals surface area contributed by atoms with Crippen molar-refractivity contribution in [2.75, 3.05) is 13.1 Å². The third kappa shape index (κ3) is 3.97. The maximum Gasteiger partial charge on any atom is 0.199 e. The van der Waals surface area contributed by atoms with Gasteiger partial charge in [0.05, 0.1) is 28.4 Å². The lowest BCUT2D eigenvalue weighted by Gasteiger charge is -2.30. The molecule has 1 aliphatic heterocycles. The van der Waals surface area contributed by atoms with Gasteiger partial charge in [-0.2, -0.15) is 5.10 Å². The Hall–Kier alpha value is -2.35. The summed E-state index contributed by atoms with van der Waals surface area (Å²) in [5.74, 6) is 1.53. The second kappa shape index (κ2) is 8.41. The second-order valence-corrected chi connectivity index (χ2v) is 9.38. The van der Waals surface area contributed by atoms with Crippen LogP contribution in [-0.2, 0) is 13.2 Å². The van der Waals surface area contributed by atoms with Crippen LogP contribution in [0.4, 0.5) is 0 Å². The highest BCUT2D eigenvalue weighted by atomic mass is 32.1. The molecule has 1 aliphatic rings. The number of aromatic nitrogens is 4. The number of rotatable bonds is 5. The van der Waals surface area contributed by atoms with E-state index in [4.69, 9.17) is 22.3 Å². The van der Waals surface area contributed by atoms with Crippen LogP contribution in [0.3, 0.4) is 0 Å². The van der Waals surface area contributed by atoms with E-state index in [2.05, 4.69) is 58.0 Å². The Balaban J connectivity index is 1.24. The monoisotopic (exact) mass is 435 g/mol. The predicted molar refractivity (Wildman–Crippen MR) is 125 cm³/mol. The number of aryl methyl sites for hydroxylation is 1. The van der Waals surface area contributed by atoms with Crippen molar-refractivity contribution >= 4 is 33.8 Å². The second-order valence-electron chi connectivity index (χ2n) is 7.95. The molecule has 7 heteroatoms. The molecule has 0 radical (unpaired) electrons. The molecule has 154 valence electrons.